The number of allylic oxidation sites excluding steroid dienone is 6. The molecule has 0 aromatic rings. The summed E-state index contributed by atoms with van der Waals surface area (Å²) in [7, 11) is 5.38. The van der Waals surface area contributed by atoms with Crippen molar-refractivity contribution < 1.29 is 38.2 Å². The molecule has 0 radical (unpaired) electrons. The zero-order chi connectivity index (χ0) is 35.0. The summed E-state index contributed by atoms with van der Waals surface area (Å²) in [5.41, 5.74) is 0. The molecule has 0 amide bonds. The van der Waals surface area contributed by atoms with Gasteiger partial charge in [-0.2, -0.15) is 0 Å². The van der Waals surface area contributed by atoms with Gasteiger partial charge in [-0.3, -0.25) is 9.59 Å². The molecular weight excluding hydrogens is 594 g/mol. The van der Waals surface area contributed by atoms with Crippen molar-refractivity contribution >= 4 is 17.9 Å². The number of esters is 2. The van der Waals surface area contributed by atoms with Crippen LogP contribution in [0.2, 0.25) is 0 Å². The number of carbonyl (C=O) groups is 3. The Balaban J connectivity index is 4.51. The molecule has 0 aromatic heterocycles. The van der Waals surface area contributed by atoms with E-state index in [-0.39, 0.29) is 49.1 Å². The van der Waals surface area contributed by atoms with Crippen molar-refractivity contribution in [3.05, 3.63) is 36.5 Å². The van der Waals surface area contributed by atoms with Crippen molar-refractivity contribution in [2.45, 2.75) is 154 Å². The Morgan fingerprint density at radius 1 is 0.660 bits per heavy atom. The lowest BCUT2D eigenvalue weighted by atomic mass is 10.1. The van der Waals surface area contributed by atoms with Crippen LogP contribution in [-0.2, 0) is 28.6 Å². The predicted octanol–water partition coefficient (Wildman–Crippen LogP) is 7.79. The third-order valence-corrected chi connectivity index (χ3v) is 8.04. The fraction of sp³-hybridized carbons (Fsp3) is 0.769. The predicted molar refractivity (Wildman–Crippen MR) is 190 cm³/mol. The Labute approximate surface area is 287 Å². The van der Waals surface area contributed by atoms with Crippen LogP contribution in [0.15, 0.2) is 36.5 Å². The second kappa shape index (κ2) is 30.9. The Hall–Kier alpha value is -2.45. The summed E-state index contributed by atoms with van der Waals surface area (Å²) >= 11 is 0. The number of ether oxygens (including phenoxy) is 3. The van der Waals surface area contributed by atoms with Crippen molar-refractivity contribution in [3.8, 4) is 0 Å². The van der Waals surface area contributed by atoms with E-state index in [1.807, 2.05) is 0 Å². The lowest BCUT2D eigenvalue weighted by Crippen LogP contribution is -2.55. The molecule has 0 fully saturated rings. The van der Waals surface area contributed by atoms with Crippen LogP contribution in [0.4, 0.5) is 0 Å². The van der Waals surface area contributed by atoms with Crippen molar-refractivity contribution in [2.24, 2.45) is 0 Å². The number of quaternary nitrogens is 1. The van der Waals surface area contributed by atoms with E-state index in [1.165, 1.54) is 51.4 Å². The van der Waals surface area contributed by atoms with Gasteiger partial charge >= 0.3 is 11.9 Å². The summed E-state index contributed by atoms with van der Waals surface area (Å²) in [6, 6.07) is -0.729. The average molecular weight is 664 g/mol. The molecule has 0 bridgehead atoms. The summed E-state index contributed by atoms with van der Waals surface area (Å²) in [4.78, 5) is 36.5. The first-order valence-corrected chi connectivity index (χ1v) is 18.5. The molecule has 47 heavy (non-hydrogen) atoms. The minimum absolute atomic E-state index is 0.0267. The number of carboxylic acids is 1. The van der Waals surface area contributed by atoms with Gasteiger partial charge in [0, 0.05) is 19.3 Å². The molecule has 0 aliphatic heterocycles. The SMILES string of the molecule is CC/C=C/C/C=C/C/C=C/CCCCC(=O)OC(COCCC(C(=O)[O-])[N+](C)(C)C)COC(=O)CCCCCCCCCCCCC. The van der Waals surface area contributed by atoms with Gasteiger partial charge in [0.15, 0.2) is 6.10 Å². The van der Waals surface area contributed by atoms with Gasteiger partial charge in [0.05, 0.1) is 40.3 Å². The van der Waals surface area contributed by atoms with Gasteiger partial charge in [-0.15, -0.1) is 0 Å². The van der Waals surface area contributed by atoms with Crippen LogP contribution < -0.4 is 5.11 Å². The number of carboxylic acid groups (broad SMARTS) is 1. The number of rotatable bonds is 32. The van der Waals surface area contributed by atoms with Crippen molar-refractivity contribution in [1.29, 1.82) is 0 Å². The molecule has 2 unspecified atom stereocenters. The summed E-state index contributed by atoms with van der Waals surface area (Å²) < 4.78 is 17.0. The highest BCUT2D eigenvalue weighted by molar-refractivity contribution is 5.70. The molecule has 0 aliphatic carbocycles. The molecule has 272 valence electrons. The van der Waals surface area contributed by atoms with E-state index in [0.717, 1.165) is 51.4 Å². The van der Waals surface area contributed by atoms with E-state index < -0.39 is 18.1 Å². The number of hydrogen-bond donors (Lipinski definition) is 0. The number of hydrogen-bond acceptors (Lipinski definition) is 7. The van der Waals surface area contributed by atoms with E-state index >= 15 is 0 Å². The molecule has 0 heterocycles. The maximum Gasteiger partial charge on any atom is 0.306 e. The van der Waals surface area contributed by atoms with Gasteiger partial charge in [-0.1, -0.05) is 115 Å². The van der Waals surface area contributed by atoms with Crippen LogP contribution in [0.1, 0.15) is 142 Å². The molecule has 0 aliphatic rings. The first-order chi connectivity index (χ1) is 22.6. The minimum atomic E-state index is -1.13. The zero-order valence-electron chi connectivity index (χ0n) is 30.7. The monoisotopic (exact) mass is 664 g/mol. The van der Waals surface area contributed by atoms with Gasteiger partial charge in [0.1, 0.15) is 12.6 Å². The van der Waals surface area contributed by atoms with E-state index in [9.17, 15) is 19.5 Å². The van der Waals surface area contributed by atoms with Crippen molar-refractivity contribution in [2.75, 3.05) is 41.0 Å². The highest BCUT2D eigenvalue weighted by atomic mass is 16.6. The van der Waals surface area contributed by atoms with Crippen LogP contribution in [0, 0.1) is 0 Å². The third-order valence-electron chi connectivity index (χ3n) is 8.04. The lowest BCUT2D eigenvalue weighted by Gasteiger charge is -2.34. The van der Waals surface area contributed by atoms with E-state index in [1.54, 1.807) is 21.1 Å². The maximum absolute atomic E-state index is 12.6. The van der Waals surface area contributed by atoms with E-state index in [2.05, 4.69) is 50.3 Å². The van der Waals surface area contributed by atoms with Gasteiger partial charge in [0.2, 0.25) is 0 Å². The van der Waals surface area contributed by atoms with E-state index in [4.69, 9.17) is 14.2 Å². The Morgan fingerprint density at radius 2 is 1.19 bits per heavy atom. The maximum atomic E-state index is 12.6. The van der Waals surface area contributed by atoms with Crippen LogP contribution >= 0.6 is 0 Å². The van der Waals surface area contributed by atoms with Gasteiger partial charge < -0.3 is 28.6 Å². The van der Waals surface area contributed by atoms with Crippen molar-refractivity contribution in [3.63, 3.8) is 0 Å². The first kappa shape index (κ1) is 44.5. The fourth-order valence-corrected chi connectivity index (χ4v) is 5.14. The molecular formula is C39H69NO7. The highest BCUT2D eigenvalue weighted by Crippen LogP contribution is 2.13. The highest BCUT2D eigenvalue weighted by Gasteiger charge is 2.25. The summed E-state index contributed by atoms with van der Waals surface area (Å²) in [5, 5.41) is 11.6. The quantitative estimate of drug-likeness (QED) is 0.0313. The average Bonchev–Trinajstić information content (AvgIpc) is 3.01. The van der Waals surface area contributed by atoms with E-state index in [0.29, 0.717) is 12.8 Å². The Kier molecular flexibility index (Phi) is 29.2. The normalized spacial score (nSPS) is 13.5. The number of aliphatic carboxylic acids is 1. The van der Waals surface area contributed by atoms with Crippen LogP contribution in [-0.4, -0.2) is 75.5 Å². The minimum Gasteiger partial charge on any atom is -0.544 e. The standard InChI is InChI=1S/C39H69NO7/c1-6-8-10-12-14-16-18-20-22-24-26-28-30-38(42)47-35(33-45-32-31-36(39(43)44)40(3,4)5)34-46-37(41)29-27-25-23-21-19-17-15-13-11-9-7-2/h8,10,14,16,20,22,35-36H,6-7,9,11-13,15,17-19,21,23-34H2,1-5H3/b10-8+,16-14+,22-20+. The molecule has 0 spiro atoms. The van der Waals surface area contributed by atoms with Gasteiger partial charge in [-0.25, -0.2) is 0 Å². The Morgan fingerprint density at radius 3 is 1.77 bits per heavy atom. The van der Waals surface area contributed by atoms with Crippen LogP contribution in [0.25, 0.3) is 0 Å². The topological polar surface area (TPSA) is 102 Å². The molecule has 0 saturated carbocycles. The molecule has 0 aromatic carbocycles. The molecule has 0 saturated heterocycles. The number of carbonyl (C=O) groups excluding carboxylic acids is 3. The largest absolute Gasteiger partial charge is 0.544 e. The Bertz CT molecular complexity index is 875. The summed E-state index contributed by atoms with van der Waals surface area (Å²) in [6.45, 7) is 4.47. The fourth-order valence-electron chi connectivity index (χ4n) is 5.14. The lowest BCUT2D eigenvalue weighted by molar-refractivity contribution is -0.889. The van der Waals surface area contributed by atoms with Gasteiger partial charge in [-0.05, 0) is 44.9 Å². The molecule has 8 heteroatoms. The number of unbranched alkanes of at least 4 members (excludes halogenated alkanes) is 12. The summed E-state index contributed by atoms with van der Waals surface area (Å²) in [6.07, 6.45) is 31.7. The molecule has 8 nitrogen and oxygen atoms in total. The van der Waals surface area contributed by atoms with Crippen LogP contribution in [0.3, 0.4) is 0 Å². The number of nitrogens with zero attached hydrogens (tertiary/aromatic N) is 1. The van der Waals surface area contributed by atoms with Crippen LogP contribution in [0.5, 0.6) is 0 Å². The van der Waals surface area contributed by atoms with Crippen molar-refractivity contribution in [1.82, 2.24) is 0 Å². The van der Waals surface area contributed by atoms with Gasteiger partial charge in [0.25, 0.3) is 0 Å². The third kappa shape index (κ3) is 29.4. The second-order valence-corrected chi connectivity index (χ2v) is 13.4. The first-order valence-electron chi connectivity index (χ1n) is 18.5. The number of likely N-dealkylation sites (N-methyl/N-ethyl adjacent to an activating group) is 1. The molecule has 0 rings (SSSR count). The zero-order valence-corrected chi connectivity index (χ0v) is 30.7. The molecule has 2 atom stereocenters. The summed E-state index contributed by atoms with van der Waals surface area (Å²) in [5.74, 6) is -1.79. The smallest absolute Gasteiger partial charge is 0.306 e. The second-order valence-electron chi connectivity index (χ2n) is 13.4. The molecule has 0 N–H and O–H groups in total.